The predicted octanol–water partition coefficient (Wildman–Crippen LogP) is 6.07. The summed E-state index contributed by atoms with van der Waals surface area (Å²) in [7, 11) is 0. The molecule has 3 aromatic rings. The van der Waals surface area contributed by atoms with Gasteiger partial charge in [0, 0.05) is 12.1 Å². The highest BCUT2D eigenvalue weighted by atomic mass is 16.3. The van der Waals surface area contributed by atoms with Gasteiger partial charge in [0.1, 0.15) is 0 Å². The average Bonchev–Trinajstić information content (AvgIpc) is 3.60. The Morgan fingerprint density at radius 1 is 1.03 bits per heavy atom. The van der Waals surface area contributed by atoms with Gasteiger partial charge in [0.2, 0.25) is 0 Å². The van der Waals surface area contributed by atoms with Crippen LogP contribution in [0.5, 0.6) is 0 Å². The van der Waals surface area contributed by atoms with Crippen LogP contribution >= 0.6 is 0 Å². The first-order valence-electron chi connectivity index (χ1n) is 11.8. The predicted molar refractivity (Wildman–Crippen MR) is 124 cm³/mol. The molecule has 4 atom stereocenters. The summed E-state index contributed by atoms with van der Waals surface area (Å²) in [6.45, 7) is 0.782. The number of oxazole rings is 1. The van der Waals surface area contributed by atoms with Crippen LogP contribution in [0.2, 0.25) is 0 Å². The Labute approximate surface area is 189 Å². The van der Waals surface area contributed by atoms with E-state index in [1.54, 1.807) is 0 Å². The molecule has 1 saturated carbocycles. The fourth-order valence-corrected chi connectivity index (χ4v) is 6.09. The molecule has 0 saturated heterocycles. The minimum Gasteiger partial charge on any atom is -0.443 e. The van der Waals surface area contributed by atoms with E-state index in [-0.39, 0.29) is 11.9 Å². The second-order valence-corrected chi connectivity index (χ2v) is 9.50. The van der Waals surface area contributed by atoms with Gasteiger partial charge in [-0.05, 0) is 61.0 Å². The van der Waals surface area contributed by atoms with Crippen LogP contribution in [0, 0.1) is 17.8 Å². The van der Waals surface area contributed by atoms with Crippen molar-refractivity contribution in [2.24, 2.45) is 17.8 Å². The van der Waals surface area contributed by atoms with Gasteiger partial charge in [-0.25, -0.2) is 4.98 Å². The normalized spacial score (nSPS) is 25.6. The third kappa shape index (κ3) is 3.38. The van der Waals surface area contributed by atoms with Crippen molar-refractivity contribution in [3.63, 3.8) is 0 Å². The molecular weight excluding hydrogens is 396 g/mol. The summed E-state index contributed by atoms with van der Waals surface area (Å²) in [4.78, 5) is 20.6. The third-order valence-corrected chi connectivity index (χ3v) is 7.63. The number of carbonyl (C=O) groups excluding carboxylic acids is 1. The second-order valence-electron chi connectivity index (χ2n) is 9.50. The van der Waals surface area contributed by atoms with Crippen LogP contribution in [-0.2, 0) is 6.42 Å². The molecular formula is C28H28N2O2. The fourth-order valence-electron chi connectivity index (χ4n) is 6.09. The maximum absolute atomic E-state index is 14.1. The molecule has 4 nitrogen and oxygen atoms in total. The number of aromatic nitrogens is 1. The number of hydrogen-bond acceptors (Lipinski definition) is 3. The van der Waals surface area contributed by atoms with Gasteiger partial charge in [-0.2, -0.15) is 0 Å². The van der Waals surface area contributed by atoms with Crippen LogP contribution in [-0.4, -0.2) is 22.3 Å². The van der Waals surface area contributed by atoms with Crippen molar-refractivity contribution in [1.29, 1.82) is 0 Å². The molecule has 0 aliphatic heterocycles. The lowest BCUT2D eigenvalue weighted by atomic mass is 9.85. The van der Waals surface area contributed by atoms with Crippen molar-refractivity contribution in [2.75, 3.05) is 6.54 Å². The molecule has 2 bridgehead atoms. The van der Waals surface area contributed by atoms with E-state index in [1.807, 2.05) is 30.3 Å². The van der Waals surface area contributed by atoms with Gasteiger partial charge >= 0.3 is 0 Å². The molecule has 0 unspecified atom stereocenters. The average molecular weight is 425 g/mol. The number of hydrogen-bond donors (Lipinski definition) is 0. The Hall–Kier alpha value is -3.14. The first-order chi connectivity index (χ1) is 15.8. The van der Waals surface area contributed by atoms with Crippen LogP contribution in [0.4, 0.5) is 0 Å². The summed E-state index contributed by atoms with van der Waals surface area (Å²) in [5, 5.41) is 0. The maximum Gasteiger partial charge on any atom is 0.277 e. The highest BCUT2D eigenvalue weighted by Crippen LogP contribution is 2.45. The smallest absolute Gasteiger partial charge is 0.277 e. The van der Waals surface area contributed by atoms with Gasteiger partial charge < -0.3 is 9.32 Å². The van der Waals surface area contributed by atoms with Crippen molar-refractivity contribution < 1.29 is 9.21 Å². The van der Waals surface area contributed by atoms with Gasteiger partial charge in [0.05, 0.1) is 6.04 Å². The highest BCUT2D eigenvalue weighted by Gasteiger charge is 2.40. The van der Waals surface area contributed by atoms with Crippen LogP contribution in [0.15, 0.2) is 77.6 Å². The first kappa shape index (κ1) is 19.5. The quantitative estimate of drug-likeness (QED) is 0.467. The second kappa shape index (κ2) is 8.09. The van der Waals surface area contributed by atoms with E-state index in [4.69, 9.17) is 4.42 Å². The lowest BCUT2D eigenvalue weighted by Crippen LogP contribution is -2.41. The number of rotatable bonds is 5. The largest absolute Gasteiger partial charge is 0.443 e. The van der Waals surface area contributed by atoms with Crippen molar-refractivity contribution in [3.8, 4) is 11.3 Å². The van der Waals surface area contributed by atoms with Gasteiger partial charge in [-0.1, -0.05) is 66.7 Å². The molecule has 1 aromatic heterocycles. The van der Waals surface area contributed by atoms with Gasteiger partial charge in [0.15, 0.2) is 17.8 Å². The molecule has 3 aliphatic rings. The molecule has 162 valence electrons. The van der Waals surface area contributed by atoms with Crippen molar-refractivity contribution in [2.45, 2.75) is 38.1 Å². The topological polar surface area (TPSA) is 46.3 Å². The van der Waals surface area contributed by atoms with E-state index >= 15 is 0 Å². The number of carbonyl (C=O) groups is 1. The van der Waals surface area contributed by atoms with Crippen molar-refractivity contribution in [1.82, 2.24) is 9.88 Å². The standard InChI is InChI=1S/C28H28N2O2/c31-28(26-27(32-18-29-26)21-8-2-1-3-9-21)30(17-23-16-19-13-14-22(23)15-19)25-12-6-10-20-7-4-5-11-24(20)25/h1-5,7-9,11,13-14,18-19,22-23,25H,6,10,12,15-17H2/t19-,22+,23-,25-/m1/s1. The van der Waals surface area contributed by atoms with Gasteiger partial charge in [-0.15, -0.1) is 0 Å². The molecule has 6 rings (SSSR count). The van der Waals surface area contributed by atoms with Crippen LogP contribution in [0.1, 0.15) is 53.3 Å². The molecule has 1 fully saturated rings. The summed E-state index contributed by atoms with van der Waals surface area (Å²) >= 11 is 0. The van der Waals surface area contributed by atoms with E-state index in [0.717, 1.165) is 31.4 Å². The zero-order valence-corrected chi connectivity index (χ0v) is 18.2. The fraction of sp³-hybridized carbons (Fsp3) is 0.357. The number of amides is 1. The molecule has 2 aromatic carbocycles. The van der Waals surface area contributed by atoms with E-state index in [9.17, 15) is 4.79 Å². The maximum atomic E-state index is 14.1. The Morgan fingerprint density at radius 2 is 1.88 bits per heavy atom. The number of benzene rings is 2. The minimum atomic E-state index is -0.00828. The first-order valence-corrected chi connectivity index (χ1v) is 11.8. The van der Waals surface area contributed by atoms with E-state index in [0.29, 0.717) is 29.2 Å². The monoisotopic (exact) mass is 424 g/mol. The summed E-state index contributed by atoms with van der Waals surface area (Å²) < 4.78 is 5.73. The Bertz CT molecular complexity index is 1150. The van der Waals surface area contributed by atoms with Crippen LogP contribution in [0.25, 0.3) is 11.3 Å². The van der Waals surface area contributed by atoms with Crippen LogP contribution in [0.3, 0.4) is 0 Å². The third-order valence-electron chi connectivity index (χ3n) is 7.63. The zero-order chi connectivity index (χ0) is 21.5. The lowest BCUT2D eigenvalue weighted by molar-refractivity contribution is 0.0599. The summed E-state index contributed by atoms with van der Waals surface area (Å²) in [6, 6.07) is 18.6. The Balaban J connectivity index is 1.38. The SMILES string of the molecule is O=C(c1ncoc1-c1ccccc1)N(C[C@H]1C[C@@H]2C=C[C@H]1C2)[C@@H]1CCCc2ccccc21. The molecule has 1 amide bonds. The molecule has 0 spiro atoms. The molecule has 32 heavy (non-hydrogen) atoms. The minimum absolute atomic E-state index is 0.00828. The van der Waals surface area contributed by atoms with Gasteiger partial charge in [-0.3, -0.25) is 4.79 Å². The van der Waals surface area contributed by atoms with E-state index in [2.05, 4.69) is 46.3 Å². The molecule has 3 aliphatic carbocycles. The van der Waals surface area contributed by atoms with E-state index < -0.39 is 0 Å². The summed E-state index contributed by atoms with van der Waals surface area (Å²) in [5.41, 5.74) is 3.99. The van der Waals surface area contributed by atoms with E-state index in [1.165, 1.54) is 30.4 Å². The molecule has 4 heteroatoms. The van der Waals surface area contributed by atoms with Crippen molar-refractivity contribution >= 4 is 5.91 Å². The Morgan fingerprint density at radius 3 is 2.69 bits per heavy atom. The molecule has 1 heterocycles. The lowest BCUT2D eigenvalue weighted by Gasteiger charge is -2.38. The number of nitrogens with zero attached hydrogens (tertiary/aromatic N) is 2. The summed E-state index contributed by atoms with van der Waals surface area (Å²) in [5.74, 6) is 2.37. The van der Waals surface area contributed by atoms with Crippen LogP contribution < -0.4 is 0 Å². The molecule has 0 N–H and O–H groups in total. The van der Waals surface area contributed by atoms with Crippen molar-refractivity contribution in [3.05, 3.63) is 90.0 Å². The zero-order valence-electron chi connectivity index (χ0n) is 18.2. The van der Waals surface area contributed by atoms with Gasteiger partial charge in [0.25, 0.3) is 5.91 Å². The number of allylic oxidation sites excluding steroid dienone is 2. The molecule has 0 radical (unpaired) electrons. The highest BCUT2D eigenvalue weighted by molar-refractivity contribution is 5.98. The summed E-state index contributed by atoms with van der Waals surface area (Å²) in [6.07, 6.45) is 11.8. The number of fused-ring (bicyclic) bond motifs is 3. The number of aryl methyl sites for hydroxylation is 1. The Kier molecular flexibility index (Phi) is 4.94.